The molecular weight excluding hydrogens is 174 g/mol. The average Bonchev–Trinajstić information content (AvgIpc) is 2.04. The summed E-state index contributed by atoms with van der Waals surface area (Å²) in [4.78, 5) is 0. The van der Waals surface area contributed by atoms with Crippen molar-refractivity contribution in [1.29, 1.82) is 0 Å². The Labute approximate surface area is 77.8 Å². The molecule has 2 N–H and O–H groups in total. The molecule has 1 unspecified atom stereocenters. The monoisotopic (exact) mass is 185 g/mol. The number of hydrogen-bond donors (Lipinski definition) is 3. The maximum atomic E-state index is 5.71. The molecular formula is C8H11NS2. The summed E-state index contributed by atoms with van der Waals surface area (Å²) in [6.07, 6.45) is 0. The minimum absolute atomic E-state index is 0.138. The van der Waals surface area contributed by atoms with E-state index < -0.39 is 0 Å². The second kappa shape index (κ2) is 3.93. The second-order valence-electron chi connectivity index (χ2n) is 2.33. The van der Waals surface area contributed by atoms with E-state index in [1.54, 1.807) is 0 Å². The number of rotatable bonds is 2. The summed E-state index contributed by atoms with van der Waals surface area (Å²) in [6, 6.07) is 7.72. The highest BCUT2D eigenvalue weighted by Gasteiger charge is 2.05. The van der Waals surface area contributed by atoms with Crippen LogP contribution in [0.15, 0.2) is 24.3 Å². The van der Waals surface area contributed by atoms with E-state index in [1.165, 1.54) is 0 Å². The highest BCUT2D eigenvalue weighted by Crippen LogP contribution is 2.25. The molecule has 11 heavy (non-hydrogen) atoms. The van der Waals surface area contributed by atoms with Gasteiger partial charge >= 0.3 is 0 Å². The molecule has 1 aromatic carbocycles. The lowest BCUT2D eigenvalue weighted by molar-refractivity contribution is 1.14. The molecule has 0 aliphatic carbocycles. The molecule has 0 amide bonds. The third-order valence-corrected chi connectivity index (χ3v) is 2.64. The largest absolute Gasteiger partial charge is 0.398 e. The zero-order chi connectivity index (χ0) is 8.27. The van der Waals surface area contributed by atoms with Crippen molar-refractivity contribution in [2.45, 2.75) is 5.25 Å². The van der Waals surface area contributed by atoms with Crippen molar-refractivity contribution in [3.63, 3.8) is 0 Å². The van der Waals surface area contributed by atoms with Gasteiger partial charge in [0, 0.05) is 16.7 Å². The van der Waals surface area contributed by atoms with Crippen molar-refractivity contribution < 1.29 is 0 Å². The fourth-order valence-electron chi connectivity index (χ4n) is 0.913. The summed E-state index contributed by atoms with van der Waals surface area (Å²) in [7, 11) is 0. The molecule has 0 spiro atoms. The van der Waals surface area contributed by atoms with Crippen molar-refractivity contribution in [2.75, 3.05) is 11.5 Å². The number of thiol groups is 2. The first-order chi connectivity index (χ1) is 5.25. The summed E-state index contributed by atoms with van der Waals surface area (Å²) in [5.41, 5.74) is 7.57. The molecule has 0 saturated carbocycles. The minimum Gasteiger partial charge on any atom is -0.398 e. The zero-order valence-corrected chi connectivity index (χ0v) is 7.85. The van der Waals surface area contributed by atoms with Crippen LogP contribution in [0.1, 0.15) is 10.8 Å². The number of para-hydroxylation sites is 1. The van der Waals surface area contributed by atoms with Crippen molar-refractivity contribution in [1.82, 2.24) is 0 Å². The van der Waals surface area contributed by atoms with Gasteiger partial charge in [0.2, 0.25) is 0 Å². The lowest BCUT2D eigenvalue weighted by Crippen LogP contribution is -1.97. The van der Waals surface area contributed by atoms with Gasteiger partial charge in [0.25, 0.3) is 0 Å². The fraction of sp³-hybridized carbons (Fsp3) is 0.250. The minimum atomic E-state index is 0.138. The van der Waals surface area contributed by atoms with Gasteiger partial charge in [0.1, 0.15) is 0 Å². The van der Waals surface area contributed by atoms with Gasteiger partial charge in [-0.2, -0.15) is 25.3 Å². The molecule has 0 aliphatic rings. The Morgan fingerprint density at radius 2 is 2.00 bits per heavy atom. The van der Waals surface area contributed by atoms with Crippen LogP contribution >= 0.6 is 25.3 Å². The van der Waals surface area contributed by atoms with Crippen LogP contribution in [0.4, 0.5) is 5.69 Å². The smallest absolute Gasteiger partial charge is 0.0375 e. The molecule has 0 radical (unpaired) electrons. The van der Waals surface area contributed by atoms with Gasteiger partial charge < -0.3 is 5.73 Å². The van der Waals surface area contributed by atoms with E-state index in [0.29, 0.717) is 5.75 Å². The van der Waals surface area contributed by atoms with Crippen molar-refractivity contribution >= 4 is 30.9 Å². The Balaban J connectivity index is 2.93. The lowest BCUT2D eigenvalue weighted by atomic mass is 10.1. The van der Waals surface area contributed by atoms with E-state index in [2.05, 4.69) is 25.3 Å². The van der Waals surface area contributed by atoms with Crippen molar-refractivity contribution in [2.24, 2.45) is 0 Å². The Bertz CT molecular complexity index is 237. The van der Waals surface area contributed by atoms with Crippen molar-refractivity contribution in [3.8, 4) is 0 Å². The van der Waals surface area contributed by atoms with Crippen LogP contribution in [-0.2, 0) is 0 Å². The SMILES string of the molecule is Nc1ccccc1C(S)CS. The predicted octanol–water partition coefficient (Wildman–Crippen LogP) is 2.17. The van der Waals surface area contributed by atoms with Gasteiger partial charge in [-0.15, -0.1) is 0 Å². The summed E-state index contributed by atoms with van der Waals surface area (Å²) in [5, 5.41) is 0.138. The van der Waals surface area contributed by atoms with Gasteiger partial charge in [0.05, 0.1) is 0 Å². The van der Waals surface area contributed by atoms with Crippen LogP contribution in [0.2, 0.25) is 0 Å². The molecule has 0 saturated heterocycles. The van der Waals surface area contributed by atoms with E-state index in [9.17, 15) is 0 Å². The molecule has 1 nitrogen and oxygen atoms in total. The Morgan fingerprint density at radius 3 is 2.55 bits per heavy atom. The molecule has 0 heterocycles. The molecule has 0 aromatic heterocycles. The molecule has 1 atom stereocenters. The van der Waals surface area contributed by atoms with E-state index in [-0.39, 0.29) is 5.25 Å². The molecule has 0 bridgehead atoms. The molecule has 60 valence electrons. The lowest BCUT2D eigenvalue weighted by Gasteiger charge is -2.09. The summed E-state index contributed by atoms with van der Waals surface area (Å²) < 4.78 is 0. The van der Waals surface area contributed by atoms with Crippen LogP contribution in [0.25, 0.3) is 0 Å². The van der Waals surface area contributed by atoms with E-state index in [0.717, 1.165) is 11.3 Å². The van der Waals surface area contributed by atoms with Crippen LogP contribution in [0.3, 0.4) is 0 Å². The molecule has 1 rings (SSSR count). The van der Waals surface area contributed by atoms with Crippen molar-refractivity contribution in [3.05, 3.63) is 29.8 Å². The standard InChI is InChI=1S/C8H11NS2/c9-7-4-2-1-3-6(7)8(11)5-10/h1-4,8,10-11H,5,9H2. The highest BCUT2D eigenvalue weighted by atomic mass is 32.1. The fourth-order valence-corrected chi connectivity index (χ4v) is 1.34. The highest BCUT2D eigenvalue weighted by molar-refractivity contribution is 7.84. The first kappa shape index (κ1) is 8.81. The predicted molar refractivity (Wildman–Crippen MR) is 56.4 cm³/mol. The molecule has 0 fully saturated rings. The number of hydrogen-bond acceptors (Lipinski definition) is 3. The normalized spacial score (nSPS) is 12.9. The third-order valence-electron chi connectivity index (χ3n) is 1.53. The first-order valence-electron chi connectivity index (χ1n) is 3.39. The van der Waals surface area contributed by atoms with E-state index in [4.69, 9.17) is 5.73 Å². The second-order valence-corrected chi connectivity index (χ2v) is 3.32. The van der Waals surface area contributed by atoms with Crippen LogP contribution in [0, 0.1) is 0 Å². The van der Waals surface area contributed by atoms with E-state index in [1.807, 2.05) is 24.3 Å². The quantitative estimate of drug-likeness (QED) is 0.478. The summed E-state index contributed by atoms with van der Waals surface area (Å²) in [6.45, 7) is 0. The van der Waals surface area contributed by atoms with Gasteiger partial charge in [-0.25, -0.2) is 0 Å². The molecule has 3 heteroatoms. The average molecular weight is 185 g/mol. The Hall–Kier alpha value is -0.280. The number of nitrogens with two attached hydrogens (primary N) is 1. The van der Waals surface area contributed by atoms with Gasteiger partial charge in [-0.3, -0.25) is 0 Å². The number of anilines is 1. The number of nitrogen functional groups attached to an aromatic ring is 1. The molecule has 0 aliphatic heterocycles. The van der Waals surface area contributed by atoms with Crippen LogP contribution in [0.5, 0.6) is 0 Å². The van der Waals surface area contributed by atoms with E-state index >= 15 is 0 Å². The summed E-state index contributed by atoms with van der Waals surface area (Å²) >= 11 is 8.48. The maximum absolute atomic E-state index is 5.71. The third kappa shape index (κ3) is 2.07. The van der Waals surface area contributed by atoms with Gasteiger partial charge in [-0.1, -0.05) is 18.2 Å². The molecule has 1 aromatic rings. The zero-order valence-electron chi connectivity index (χ0n) is 6.07. The maximum Gasteiger partial charge on any atom is 0.0375 e. The number of benzene rings is 1. The topological polar surface area (TPSA) is 26.0 Å². The summed E-state index contributed by atoms with van der Waals surface area (Å²) in [5.74, 6) is 0.706. The Kier molecular flexibility index (Phi) is 3.15. The van der Waals surface area contributed by atoms with Gasteiger partial charge in [-0.05, 0) is 11.6 Å². The van der Waals surface area contributed by atoms with Gasteiger partial charge in [0.15, 0.2) is 0 Å². The Morgan fingerprint density at radius 1 is 1.36 bits per heavy atom. The first-order valence-corrected chi connectivity index (χ1v) is 4.54. The van der Waals surface area contributed by atoms with Crippen LogP contribution in [-0.4, -0.2) is 5.75 Å². The van der Waals surface area contributed by atoms with Crippen LogP contribution < -0.4 is 5.73 Å².